The zero-order valence-corrected chi connectivity index (χ0v) is 8.26. The van der Waals surface area contributed by atoms with E-state index >= 15 is 0 Å². The minimum atomic E-state index is 0.141. The maximum atomic E-state index is 5.80. The fraction of sp³-hybridized carbons (Fsp3) is 0.700. The van der Waals surface area contributed by atoms with E-state index in [2.05, 4.69) is 12.1 Å². The van der Waals surface area contributed by atoms with Gasteiger partial charge in [-0.3, -0.25) is 0 Å². The van der Waals surface area contributed by atoms with E-state index in [-0.39, 0.29) is 5.41 Å². The monoisotopic (exact) mass is 180 g/mol. The first-order valence-electron chi connectivity index (χ1n) is 4.83. The van der Waals surface area contributed by atoms with Gasteiger partial charge < -0.3 is 10.3 Å². The van der Waals surface area contributed by atoms with Gasteiger partial charge in [0, 0.05) is 17.5 Å². The molecule has 1 saturated carbocycles. The lowest BCUT2D eigenvalue weighted by Crippen LogP contribution is -2.42. The van der Waals surface area contributed by atoms with Crippen LogP contribution in [-0.2, 0) is 5.41 Å². The summed E-state index contributed by atoms with van der Waals surface area (Å²) in [5.74, 6) is 0.926. The Morgan fingerprint density at radius 1 is 1.46 bits per heavy atom. The summed E-state index contributed by atoms with van der Waals surface area (Å²) in [6.07, 6.45) is 3.59. The van der Waals surface area contributed by atoms with E-state index < -0.39 is 0 Å². The fourth-order valence-corrected chi connectivity index (χ4v) is 2.05. The Morgan fingerprint density at radius 3 is 2.46 bits per heavy atom. The van der Waals surface area contributed by atoms with Crippen LogP contribution in [0.5, 0.6) is 0 Å². The lowest BCUT2D eigenvalue weighted by Gasteiger charge is -2.39. The van der Waals surface area contributed by atoms with Crippen molar-refractivity contribution < 1.29 is 4.52 Å². The number of aromatic nitrogens is 1. The molecule has 1 fully saturated rings. The highest BCUT2D eigenvalue weighted by atomic mass is 16.5. The second kappa shape index (κ2) is 2.84. The molecule has 13 heavy (non-hydrogen) atoms. The molecule has 0 saturated heterocycles. The van der Waals surface area contributed by atoms with E-state index in [1.807, 2.05) is 6.92 Å². The Kier molecular flexibility index (Phi) is 1.91. The molecule has 0 radical (unpaired) electrons. The molecule has 1 aliphatic rings. The summed E-state index contributed by atoms with van der Waals surface area (Å²) in [7, 11) is 0. The summed E-state index contributed by atoms with van der Waals surface area (Å²) >= 11 is 0. The van der Waals surface area contributed by atoms with Crippen LogP contribution in [0.4, 0.5) is 0 Å². The number of nitrogens with zero attached hydrogens (tertiary/aromatic N) is 1. The lowest BCUT2D eigenvalue weighted by atomic mass is 9.66. The lowest BCUT2D eigenvalue weighted by molar-refractivity contribution is 0.232. The van der Waals surface area contributed by atoms with Gasteiger partial charge in [0.2, 0.25) is 0 Å². The summed E-state index contributed by atoms with van der Waals surface area (Å²) in [6.45, 7) is 4.71. The molecule has 0 aromatic carbocycles. The van der Waals surface area contributed by atoms with E-state index in [0.29, 0.717) is 6.54 Å². The molecule has 2 N–H and O–H groups in total. The van der Waals surface area contributed by atoms with E-state index in [1.165, 1.54) is 12.0 Å². The first-order chi connectivity index (χ1) is 6.19. The third kappa shape index (κ3) is 1.10. The van der Waals surface area contributed by atoms with Crippen LogP contribution in [0.15, 0.2) is 4.52 Å². The smallest absolute Gasteiger partial charge is 0.136 e. The minimum Gasteiger partial charge on any atom is -0.361 e. The third-order valence-corrected chi connectivity index (χ3v) is 3.36. The second-order valence-corrected chi connectivity index (χ2v) is 4.05. The van der Waals surface area contributed by atoms with Crippen molar-refractivity contribution in [3.8, 4) is 0 Å². The largest absolute Gasteiger partial charge is 0.361 e. The topological polar surface area (TPSA) is 52.0 Å². The maximum Gasteiger partial charge on any atom is 0.136 e. The van der Waals surface area contributed by atoms with Crippen molar-refractivity contribution in [1.82, 2.24) is 5.16 Å². The molecule has 1 aromatic rings. The van der Waals surface area contributed by atoms with E-state index in [9.17, 15) is 0 Å². The highest BCUT2D eigenvalue weighted by Crippen LogP contribution is 2.43. The number of hydrogen-bond acceptors (Lipinski definition) is 3. The predicted molar refractivity (Wildman–Crippen MR) is 50.6 cm³/mol. The number of hydrogen-bond donors (Lipinski definition) is 1. The van der Waals surface area contributed by atoms with Crippen LogP contribution in [-0.4, -0.2) is 11.7 Å². The van der Waals surface area contributed by atoms with Gasteiger partial charge in [0.05, 0.1) is 5.69 Å². The minimum absolute atomic E-state index is 0.141. The molecule has 2 rings (SSSR count). The van der Waals surface area contributed by atoms with Gasteiger partial charge in [-0.1, -0.05) is 11.6 Å². The van der Waals surface area contributed by atoms with Gasteiger partial charge >= 0.3 is 0 Å². The van der Waals surface area contributed by atoms with Gasteiger partial charge in [-0.25, -0.2) is 0 Å². The average molecular weight is 180 g/mol. The van der Waals surface area contributed by atoms with Crippen LogP contribution in [0, 0.1) is 13.8 Å². The molecule has 0 amide bonds. The zero-order valence-electron chi connectivity index (χ0n) is 8.26. The van der Waals surface area contributed by atoms with Crippen LogP contribution in [0.3, 0.4) is 0 Å². The molecule has 0 bridgehead atoms. The molecular weight excluding hydrogens is 164 g/mol. The molecule has 3 heteroatoms. The van der Waals surface area contributed by atoms with E-state index in [4.69, 9.17) is 10.3 Å². The number of nitrogens with two attached hydrogens (primary N) is 1. The molecule has 3 nitrogen and oxygen atoms in total. The second-order valence-electron chi connectivity index (χ2n) is 4.05. The van der Waals surface area contributed by atoms with Crippen LogP contribution < -0.4 is 5.73 Å². The Labute approximate surface area is 78.3 Å². The standard InChI is InChI=1S/C10H16N2O/c1-7-8(2)13-12-9(7)10(6-11)4-3-5-10/h3-6,11H2,1-2H3. The van der Waals surface area contributed by atoms with Crippen molar-refractivity contribution in [3.63, 3.8) is 0 Å². The summed E-state index contributed by atoms with van der Waals surface area (Å²) < 4.78 is 5.17. The van der Waals surface area contributed by atoms with Crippen molar-refractivity contribution >= 4 is 0 Å². The Bertz CT molecular complexity index is 307. The SMILES string of the molecule is Cc1onc(C2(CN)CCC2)c1C. The fourth-order valence-electron chi connectivity index (χ4n) is 2.05. The first kappa shape index (κ1) is 8.75. The predicted octanol–water partition coefficient (Wildman–Crippen LogP) is 1.67. The molecular formula is C10H16N2O. The Balaban J connectivity index is 2.38. The number of rotatable bonds is 2. The molecule has 72 valence electrons. The molecule has 1 heterocycles. The summed E-state index contributed by atoms with van der Waals surface area (Å²) in [5.41, 5.74) is 8.22. The summed E-state index contributed by atoms with van der Waals surface area (Å²) in [6, 6.07) is 0. The van der Waals surface area contributed by atoms with Gasteiger partial charge in [-0.15, -0.1) is 0 Å². The normalized spacial score (nSPS) is 19.9. The van der Waals surface area contributed by atoms with Crippen molar-refractivity contribution in [1.29, 1.82) is 0 Å². The Hall–Kier alpha value is -0.830. The van der Waals surface area contributed by atoms with Crippen LogP contribution in [0.25, 0.3) is 0 Å². The van der Waals surface area contributed by atoms with Crippen LogP contribution >= 0.6 is 0 Å². The van der Waals surface area contributed by atoms with Crippen molar-refractivity contribution in [2.75, 3.05) is 6.54 Å². The highest BCUT2D eigenvalue weighted by molar-refractivity contribution is 5.30. The third-order valence-electron chi connectivity index (χ3n) is 3.36. The highest BCUT2D eigenvalue weighted by Gasteiger charge is 2.41. The first-order valence-corrected chi connectivity index (χ1v) is 4.83. The van der Waals surface area contributed by atoms with Gasteiger partial charge in [0.25, 0.3) is 0 Å². The van der Waals surface area contributed by atoms with Gasteiger partial charge in [0.1, 0.15) is 5.76 Å². The Morgan fingerprint density at radius 2 is 2.15 bits per heavy atom. The van der Waals surface area contributed by atoms with E-state index in [1.54, 1.807) is 0 Å². The van der Waals surface area contributed by atoms with Gasteiger partial charge in [0.15, 0.2) is 0 Å². The summed E-state index contributed by atoms with van der Waals surface area (Å²) in [5, 5.41) is 4.13. The van der Waals surface area contributed by atoms with Crippen LogP contribution in [0.1, 0.15) is 36.3 Å². The quantitative estimate of drug-likeness (QED) is 0.753. The molecule has 0 atom stereocenters. The van der Waals surface area contributed by atoms with Crippen LogP contribution in [0.2, 0.25) is 0 Å². The molecule has 1 aliphatic carbocycles. The van der Waals surface area contributed by atoms with Gasteiger partial charge in [-0.2, -0.15) is 0 Å². The molecule has 0 spiro atoms. The summed E-state index contributed by atoms with van der Waals surface area (Å²) in [4.78, 5) is 0. The van der Waals surface area contributed by atoms with Crippen molar-refractivity contribution in [2.24, 2.45) is 5.73 Å². The average Bonchev–Trinajstić information content (AvgIpc) is 2.35. The molecule has 1 aromatic heterocycles. The maximum absolute atomic E-state index is 5.80. The number of aryl methyl sites for hydroxylation is 1. The molecule has 0 aliphatic heterocycles. The van der Waals surface area contributed by atoms with Crippen molar-refractivity contribution in [3.05, 3.63) is 17.0 Å². The zero-order chi connectivity index (χ0) is 9.47. The van der Waals surface area contributed by atoms with E-state index in [0.717, 1.165) is 24.3 Å². The van der Waals surface area contributed by atoms with Gasteiger partial charge in [-0.05, 0) is 26.7 Å². The molecule has 0 unspecified atom stereocenters. The van der Waals surface area contributed by atoms with Crippen molar-refractivity contribution in [2.45, 2.75) is 38.5 Å².